The summed E-state index contributed by atoms with van der Waals surface area (Å²) in [5.74, 6) is 0.294. The molecule has 0 spiro atoms. The zero-order chi connectivity index (χ0) is 14.8. The molecule has 3 rings (SSSR count). The lowest BCUT2D eigenvalue weighted by molar-refractivity contribution is 0.627. The van der Waals surface area contributed by atoms with E-state index in [1.807, 2.05) is 24.3 Å². The third-order valence-corrected chi connectivity index (χ3v) is 5.75. The van der Waals surface area contributed by atoms with E-state index in [4.69, 9.17) is 11.6 Å². The van der Waals surface area contributed by atoms with Crippen molar-refractivity contribution in [2.45, 2.75) is 11.5 Å². The molecule has 1 atom stereocenters. The minimum absolute atomic E-state index is 0.301. The molecule has 0 bridgehead atoms. The smallest absolute Gasteiger partial charge is 0.124 e. The Hall–Kier alpha value is -1.30. The highest BCUT2D eigenvalue weighted by Gasteiger charge is 2.10. The molecule has 0 aliphatic carbocycles. The third-order valence-electron chi connectivity index (χ3n) is 2.95. The maximum Gasteiger partial charge on any atom is 0.124 e. The standard InChI is InChI=1S/C15H11ClFNOS2/c16-12-7-11(17)6-5-10(12)8-21(19)9-15-18-13-3-1-2-4-14(13)20-15/h1-7H,8-9H2/t21-/m0/s1. The molecule has 0 aliphatic rings. The number of hydrogen-bond donors (Lipinski definition) is 0. The van der Waals surface area contributed by atoms with E-state index in [2.05, 4.69) is 4.98 Å². The van der Waals surface area contributed by atoms with E-state index in [0.717, 1.165) is 15.2 Å². The van der Waals surface area contributed by atoms with Crippen LogP contribution in [0.2, 0.25) is 5.02 Å². The van der Waals surface area contributed by atoms with Crippen molar-refractivity contribution in [2.24, 2.45) is 0 Å². The Morgan fingerprint density at radius 2 is 2.00 bits per heavy atom. The molecular weight excluding hydrogens is 329 g/mol. The molecule has 3 aromatic rings. The highest BCUT2D eigenvalue weighted by Crippen LogP contribution is 2.24. The molecule has 0 amide bonds. The van der Waals surface area contributed by atoms with Gasteiger partial charge < -0.3 is 0 Å². The van der Waals surface area contributed by atoms with E-state index in [1.54, 1.807) is 17.4 Å². The second-order valence-electron chi connectivity index (χ2n) is 4.54. The van der Waals surface area contributed by atoms with Crippen LogP contribution in [0.4, 0.5) is 4.39 Å². The highest BCUT2D eigenvalue weighted by molar-refractivity contribution is 7.83. The van der Waals surface area contributed by atoms with Crippen molar-refractivity contribution < 1.29 is 8.60 Å². The van der Waals surface area contributed by atoms with Crippen molar-refractivity contribution in [3.63, 3.8) is 0 Å². The average Bonchev–Trinajstić information content (AvgIpc) is 2.84. The molecule has 1 aromatic heterocycles. The summed E-state index contributed by atoms with van der Waals surface area (Å²) >= 11 is 7.50. The maximum atomic E-state index is 13.0. The van der Waals surface area contributed by atoms with Crippen LogP contribution in [0.25, 0.3) is 10.2 Å². The number of halogens is 2. The van der Waals surface area contributed by atoms with Crippen LogP contribution in [0, 0.1) is 5.82 Å². The third kappa shape index (κ3) is 3.48. The fourth-order valence-corrected chi connectivity index (χ4v) is 4.73. The fraction of sp³-hybridized carbons (Fsp3) is 0.133. The molecule has 0 radical (unpaired) electrons. The normalized spacial score (nSPS) is 12.7. The first-order chi connectivity index (χ1) is 10.1. The summed E-state index contributed by atoms with van der Waals surface area (Å²) in [6.45, 7) is 0. The first kappa shape index (κ1) is 14.6. The van der Waals surface area contributed by atoms with Crippen molar-refractivity contribution in [2.75, 3.05) is 0 Å². The first-order valence-electron chi connectivity index (χ1n) is 6.25. The number of aromatic nitrogens is 1. The molecule has 6 heteroatoms. The summed E-state index contributed by atoms with van der Waals surface area (Å²) in [6, 6.07) is 12.0. The lowest BCUT2D eigenvalue weighted by Crippen LogP contribution is -2.00. The van der Waals surface area contributed by atoms with E-state index in [1.165, 1.54) is 12.1 Å². The number of benzene rings is 2. The zero-order valence-electron chi connectivity index (χ0n) is 10.9. The van der Waals surface area contributed by atoms with Gasteiger partial charge in [0.2, 0.25) is 0 Å². The van der Waals surface area contributed by atoms with Crippen LogP contribution >= 0.6 is 22.9 Å². The zero-order valence-corrected chi connectivity index (χ0v) is 13.3. The number of para-hydroxylation sites is 1. The van der Waals surface area contributed by atoms with Crippen molar-refractivity contribution in [3.8, 4) is 0 Å². The molecule has 0 aliphatic heterocycles. The molecule has 0 unspecified atom stereocenters. The molecule has 2 aromatic carbocycles. The number of hydrogen-bond acceptors (Lipinski definition) is 3. The highest BCUT2D eigenvalue weighted by atomic mass is 35.5. The van der Waals surface area contributed by atoms with E-state index in [0.29, 0.717) is 22.1 Å². The Bertz CT molecular complexity index is 785. The van der Waals surface area contributed by atoms with Gasteiger partial charge >= 0.3 is 0 Å². The van der Waals surface area contributed by atoms with Gasteiger partial charge in [0.25, 0.3) is 0 Å². The average molecular weight is 340 g/mol. The van der Waals surface area contributed by atoms with Crippen LogP contribution in [0.1, 0.15) is 10.6 Å². The van der Waals surface area contributed by atoms with E-state index >= 15 is 0 Å². The topological polar surface area (TPSA) is 30.0 Å². The fourth-order valence-electron chi connectivity index (χ4n) is 1.98. The second kappa shape index (κ2) is 6.22. The SMILES string of the molecule is O=[S@](Cc1nc2ccccc2s1)Cc1ccc(F)cc1Cl. The summed E-state index contributed by atoms with van der Waals surface area (Å²) in [7, 11) is -1.12. The van der Waals surface area contributed by atoms with Crippen molar-refractivity contribution >= 4 is 44.0 Å². The van der Waals surface area contributed by atoms with Gasteiger partial charge in [-0.1, -0.05) is 29.8 Å². The Morgan fingerprint density at radius 1 is 1.19 bits per heavy atom. The Labute approximate surface area is 133 Å². The summed E-state index contributed by atoms with van der Waals surface area (Å²) in [6.07, 6.45) is 0. The van der Waals surface area contributed by atoms with E-state index in [9.17, 15) is 8.60 Å². The number of rotatable bonds is 4. The van der Waals surface area contributed by atoms with Crippen LogP contribution in [-0.4, -0.2) is 9.19 Å². The number of nitrogens with zero attached hydrogens (tertiary/aromatic N) is 1. The van der Waals surface area contributed by atoms with Crippen molar-refractivity contribution in [3.05, 3.63) is 63.9 Å². The summed E-state index contributed by atoms with van der Waals surface area (Å²) in [5.41, 5.74) is 1.62. The van der Waals surface area contributed by atoms with Gasteiger partial charge in [0.15, 0.2) is 0 Å². The molecule has 0 N–H and O–H groups in total. The van der Waals surface area contributed by atoms with Crippen LogP contribution in [0.3, 0.4) is 0 Å². The molecule has 0 fully saturated rings. The minimum atomic E-state index is -1.12. The number of thiazole rings is 1. The van der Waals surface area contributed by atoms with Crippen LogP contribution in [0.15, 0.2) is 42.5 Å². The predicted molar refractivity (Wildman–Crippen MR) is 86.6 cm³/mol. The van der Waals surface area contributed by atoms with Gasteiger partial charge in [-0.25, -0.2) is 9.37 Å². The molecule has 0 saturated heterocycles. The summed E-state index contributed by atoms with van der Waals surface area (Å²) in [5, 5.41) is 1.15. The lowest BCUT2D eigenvalue weighted by atomic mass is 10.2. The van der Waals surface area contributed by atoms with Gasteiger partial charge in [-0.2, -0.15) is 0 Å². The molecule has 108 valence electrons. The van der Waals surface area contributed by atoms with Gasteiger partial charge in [0.1, 0.15) is 10.8 Å². The second-order valence-corrected chi connectivity index (χ2v) is 7.52. The summed E-state index contributed by atoms with van der Waals surface area (Å²) < 4.78 is 26.3. The van der Waals surface area contributed by atoms with E-state index in [-0.39, 0.29) is 5.82 Å². The maximum absolute atomic E-state index is 13.0. The van der Waals surface area contributed by atoms with Gasteiger partial charge in [-0.3, -0.25) is 4.21 Å². The van der Waals surface area contributed by atoms with Gasteiger partial charge in [0.05, 0.1) is 21.7 Å². The van der Waals surface area contributed by atoms with Crippen LogP contribution in [-0.2, 0) is 22.3 Å². The van der Waals surface area contributed by atoms with Gasteiger partial charge in [-0.15, -0.1) is 11.3 Å². The van der Waals surface area contributed by atoms with Crippen LogP contribution in [0.5, 0.6) is 0 Å². The quantitative estimate of drug-likeness (QED) is 0.698. The monoisotopic (exact) mass is 339 g/mol. The Morgan fingerprint density at radius 3 is 2.76 bits per heavy atom. The largest absolute Gasteiger partial charge is 0.259 e. The van der Waals surface area contributed by atoms with E-state index < -0.39 is 10.8 Å². The Kier molecular flexibility index (Phi) is 4.33. The Balaban J connectivity index is 1.74. The lowest BCUT2D eigenvalue weighted by Gasteiger charge is -2.03. The first-order valence-corrected chi connectivity index (χ1v) is 8.93. The molecule has 21 heavy (non-hydrogen) atoms. The molecule has 2 nitrogen and oxygen atoms in total. The molecule has 0 saturated carbocycles. The molecule has 1 heterocycles. The summed E-state index contributed by atoms with van der Waals surface area (Å²) in [4.78, 5) is 4.46. The van der Waals surface area contributed by atoms with Crippen LogP contribution < -0.4 is 0 Å². The van der Waals surface area contributed by atoms with Crippen molar-refractivity contribution in [1.29, 1.82) is 0 Å². The van der Waals surface area contributed by atoms with Crippen molar-refractivity contribution in [1.82, 2.24) is 4.98 Å². The molecular formula is C15H11ClFNOS2. The predicted octanol–water partition coefficient (Wildman–Crippen LogP) is 4.54. The number of fused-ring (bicyclic) bond motifs is 1. The van der Waals surface area contributed by atoms with Gasteiger partial charge in [0, 0.05) is 15.8 Å². The minimum Gasteiger partial charge on any atom is -0.259 e. The van der Waals surface area contributed by atoms with Gasteiger partial charge in [-0.05, 0) is 29.8 Å².